The van der Waals surface area contributed by atoms with Crippen molar-refractivity contribution in [2.45, 2.75) is 13.3 Å². The van der Waals surface area contributed by atoms with Gasteiger partial charge in [-0.05, 0) is 0 Å². The highest BCUT2D eigenvalue weighted by Crippen LogP contribution is 2.01. The summed E-state index contributed by atoms with van der Waals surface area (Å²) in [5, 5.41) is 2.52. The average Bonchev–Trinajstić information content (AvgIpc) is 2.22. The zero-order valence-corrected chi connectivity index (χ0v) is 9.76. The van der Waals surface area contributed by atoms with Crippen molar-refractivity contribution in [2.75, 3.05) is 12.3 Å². The molecular weight excluding hydrogens is 232 g/mol. The molecule has 0 aromatic rings. The number of amides is 1. The fraction of sp³-hybridized carbons (Fsp3) is 0.444. The van der Waals surface area contributed by atoms with Crippen LogP contribution in [0.25, 0.3) is 0 Å². The van der Waals surface area contributed by atoms with Gasteiger partial charge < -0.3 is 10.2 Å². The van der Waals surface area contributed by atoms with Gasteiger partial charge in [-0.25, -0.2) is 4.79 Å². The quantitative estimate of drug-likeness (QED) is 0.381. The lowest BCUT2D eigenvalue weighted by Crippen LogP contribution is -2.27. The smallest absolute Gasteiger partial charge is 0.352 e. The molecule has 0 unspecified atom stereocenters. The van der Waals surface area contributed by atoms with E-state index in [0.29, 0.717) is 12.3 Å². The van der Waals surface area contributed by atoms with Crippen LogP contribution >= 0.6 is 11.8 Å². The van der Waals surface area contributed by atoms with Crippen molar-refractivity contribution in [3.8, 4) is 0 Å². The molecule has 0 aliphatic carbocycles. The van der Waals surface area contributed by atoms with E-state index in [0.717, 1.165) is 11.8 Å². The van der Waals surface area contributed by atoms with Gasteiger partial charge in [-0.15, -0.1) is 0 Å². The van der Waals surface area contributed by atoms with E-state index in [2.05, 4.69) is 22.6 Å². The lowest BCUT2D eigenvalue weighted by molar-refractivity contribution is -0.140. The van der Waals surface area contributed by atoms with Gasteiger partial charge in [0.25, 0.3) is 0 Å². The Kier molecular flexibility index (Phi) is 7.23. The number of hydrogen-bond donors (Lipinski definition) is 2. The fourth-order valence-electron chi connectivity index (χ4n) is 0.797. The normalized spacial score (nSPS) is 9.38. The molecule has 0 aromatic carbocycles. The van der Waals surface area contributed by atoms with E-state index in [1.54, 1.807) is 0 Å². The number of carbonyl (C=O) groups excluding carboxylic acids is 3. The van der Waals surface area contributed by atoms with Crippen molar-refractivity contribution in [3.63, 3.8) is 0 Å². The summed E-state index contributed by atoms with van der Waals surface area (Å²) in [5.41, 5.74) is -0.0146. The molecule has 0 bridgehead atoms. The Morgan fingerprint density at radius 3 is 2.56 bits per heavy atom. The molecule has 7 heteroatoms. The van der Waals surface area contributed by atoms with Crippen LogP contribution in [0.5, 0.6) is 0 Å². The zero-order valence-electron chi connectivity index (χ0n) is 8.95. The Bertz CT molecular complexity index is 304. The van der Waals surface area contributed by atoms with Crippen molar-refractivity contribution >= 4 is 28.8 Å². The number of nitrogens with one attached hydrogen (secondary N) is 1. The van der Waals surface area contributed by atoms with Crippen LogP contribution in [0.2, 0.25) is 0 Å². The van der Waals surface area contributed by atoms with Gasteiger partial charge >= 0.3 is 5.97 Å². The van der Waals surface area contributed by atoms with Crippen molar-refractivity contribution in [3.05, 3.63) is 12.2 Å². The first-order valence-corrected chi connectivity index (χ1v) is 5.44. The maximum Gasteiger partial charge on any atom is 0.352 e. The number of carbonyl (C=O) groups is 3. The van der Waals surface area contributed by atoms with Crippen LogP contribution in [-0.2, 0) is 19.2 Å². The van der Waals surface area contributed by atoms with Gasteiger partial charge in [0.15, 0.2) is 5.12 Å². The summed E-state index contributed by atoms with van der Waals surface area (Å²) in [7, 11) is 0. The van der Waals surface area contributed by atoms with E-state index in [1.807, 2.05) is 0 Å². The highest BCUT2D eigenvalue weighted by atomic mass is 32.2. The topological polar surface area (TPSA) is 98.5 Å². The summed E-state index contributed by atoms with van der Waals surface area (Å²) in [5.74, 6) is 3.94. The predicted octanol–water partition coefficient (Wildman–Crippen LogP) is -0.254. The third-order valence-corrected chi connectivity index (χ3v) is 2.31. The first kappa shape index (κ1) is 14.7. The predicted molar refractivity (Wildman–Crippen MR) is 60.2 cm³/mol. The van der Waals surface area contributed by atoms with E-state index in [9.17, 15) is 14.4 Å². The first-order chi connectivity index (χ1) is 7.47. The molecule has 6 nitrogen and oxygen atoms in total. The van der Waals surface area contributed by atoms with Crippen molar-refractivity contribution in [1.29, 1.82) is 0 Å². The largest absolute Gasteiger partial charge is 0.370 e. The van der Waals surface area contributed by atoms with Gasteiger partial charge in [0.2, 0.25) is 5.91 Å². The lowest BCUT2D eigenvalue weighted by Gasteiger charge is -2.04. The number of hydrogen-bond acceptors (Lipinski definition) is 6. The second-order valence-corrected chi connectivity index (χ2v) is 4.15. The SMILES string of the molecule is C=C(CC(=O)NCCSC(C)=O)C(=O)ON. The van der Waals surface area contributed by atoms with Crippen LogP contribution in [0, 0.1) is 0 Å². The molecule has 0 radical (unpaired) electrons. The summed E-state index contributed by atoms with van der Waals surface area (Å²) < 4.78 is 0. The van der Waals surface area contributed by atoms with Crippen LogP contribution in [0.3, 0.4) is 0 Å². The molecule has 0 atom stereocenters. The summed E-state index contributed by atoms with van der Waals surface area (Å²) >= 11 is 1.12. The summed E-state index contributed by atoms with van der Waals surface area (Å²) in [6.45, 7) is 5.15. The molecule has 0 spiro atoms. The summed E-state index contributed by atoms with van der Waals surface area (Å²) in [6, 6.07) is 0. The van der Waals surface area contributed by atoms with Gasteiger partial charge in [0.05, 0.1) is 6.42 Å². The maximum absolute atomic E-state index is 11.2. The van der Waals surface area contributed by atoms with Crippen LogP contribution in [0.1, 0.15) is 13.3 Å². The Balaban J connectivity index is 3.70. The third-order valence-electron chi connectivity index (χ3n) is 1.50. The molecule has 1 amide bonds. The minimum Gasteiger partial charge on any atom is -0.370 e. The molecule has 0 aliphatic heterocycles. The average molecular weight is 246 g/mol. The molecule has 0 fully saturated rings. The van der Waals surface area contributed by atoms with Crippen molar-refractivity contribution in [1.82, 2.24) is 5.32 Å². The van der Waals surface area contributed by atoms with E-state index in [1.165, 1.54) is 6.92 Å². The molecule has 0 heterocycles. The minimum absolute atomic E-state index is 0.00892. The van der Waals surface area contributed by atoms with E-state index in [-0.39, 0.29) is 23.0 Å². The number of nitrogens with two attached hydrogens (primary N) is 1. The molecule has 90 valence electrons. The molecular formula is C9H14N2O4S. The van der Waals surface area contributed by atoms with E-state index >= 15 is 0 Å². The van der Waals surface area contributed by atoms with Gasteiger partial charge in [0.1, 0.15) is 0 Å². The van der Waals surface area contributed by atoms with Crippen LogP contribution in [0.15, 0.2) is 12.2 Å². The first-order valence-electron chi connectivity index (χ1n) is 4.46. The van der Waals surface area contributed by atoms with E-state index < -0.39 is 5.97 Å². The summed E-state index contributed by atoms with van der Waals surface area (Å²) in [4.78, 5) is 36.5. The Hall–Kier alpha value is -1.34. The van der Waals surface area contributed by atoms with Gasteiger partial charge in [-0.2, -0.15) is 5.90 Å². The van der Waals surface area contributed by atoms with Crippen molar-refractivity contribution < 1.29 is 19.2 Å². The minimum atomic E-state index is -0.812. The second kappa shape index (κ2) is 7.89. The highest BCUT2D eigenvalue weighted by Gasteiger charge is 2.11. The molecule has 0 rings (SSSR count). The standard InChI is InChI=1S/C9H14N2O4S/c1-6(9(14)15-10)5-8(13)11-3-4-16-7(2)12/h1,3-5,10H2,2H3,(H,11,13). The van der Waals surface area contributed by atoms with Gasteiger partial charge in [0, 0.05) is 24.8 Å². The molecule has 0 saturated carbocycles. The Labute approximate surface area is 97.5 Å². The van der Waals surface area contributed by atoms with Crippen LogP contribution in [0.4, 0.5) is 0 Å². The van der Waals surface area contributed by atoms with Gasteiger partial charge in [-0.3, -0.25) is 9.59 Å². The van der Waals surface area contributed by atoms with Crippen molar-refractivity contribution in [2.24, 2.45) is 5.90 Å². The molecule has 0 saturated heterocycles. The maximum atomic E-state index is 11.2. The second-order valence-electron chi connectivity index (χ2n) is 2.88. The van der Waals surface area contributed by atoms with E-state index in [4.69, 9.17) is 0 Å². The molecule has 0 aliphatic rings. The summed E-state index contributed by atoms with van der Waals surface area (Å²) in [6.07, 6.45) is -0.166. The lowest BCUT2D eigenvalue weighted by atomic mass is 10.2. The molecule has 3 N–H and O–H groups in total. The molecule has 16 heavy (non-hydrogen) atoms. The number of rotatable bonds is 6. The molecule has 0 aromatic heterocycles. The zero-order chi connectivity index (χ0) is 12.6. The fourth-order valence-corrected chi connectivity index (χ4v) is 1.29. The van der Waals surface area contributed by atoms with Gasteiger partial charge in [-0.1, -0.05) is 18.3 Å². The third kappa shape index (κ3) is 7.02. The van der Waals surface area contributed by atoms with Crippen LogP contribution in [-0.4, -0.2) is 29.3 Å². The Morgan fingerprint density at radius 2 is 2.06 bits per heavy atom. The number of thioether (sulfide) groups is 1. The van der Waals surface area contributed by atoms with Crippen LogP contribution < -0.4 is 11.2 Å². The highest BCUT2D eigenvalue weighted by molar-refractivity contribution is 8.13. The Morgan fingerprint density at radius 1 is 1.44 bits per heavy atom. The monoisotopic (exact) mass is 246 g/mol.